The topological polar surface area (TPSA) is 50.4 Å². The second-order valence-corrected chi connectivity index (χ2v) is 5.48. The van der Waals surface area contributed by atoms with Gasteiger partial charge in [0, 0.05) is 6.42 Å². The number of ketones is 1. The molecule has 2 rings (SSSR count). The van der Waals surface area contributed by atoms with E-state index in [0.29, 0.717) is 12.3 Å². The molecule has 1 heterocycles. The molecular weight excluding hydrogens is 252 g/mol. The molecule has 1 aromatic rings. The zero-order chi connectivity index (χ0) is 14.4. The molecule has 1 saturated heterocycles. The Bertz CT molecular complexity index is 442. The van der Waals surface area contributed by atoms with Crippen molar-refractivity contribution in [2.75, 3.05) is 26.7 Å². The number of rotatable bonds is 7. The zero-order valence-corrected chi connectivity index (χ0v) is 12.3. The van der Waals surface area contributed by atoms with Gasteiger partial charge in [-0.25, -0.2) is 0 Å². The van der Waals surface area contributed by atoms with E-state index in [4.69, 9.17) is 4.74 Å². The van der Waals surface area contributed by atoms with Crippen LogP contribution in [0.15, 0.2) is 24.3 Å². The van der Waals surface area contributed by atoms with Gasteiger partial charge in [-0.05, 0) is 56.6 Å². The first-order valence-corrected chi connectivity index (χ1v) is 7.29. The fraction of sp³-hybridized carbons (Fsp3) is 0.562. The Labute approximate surface area is 120 Å². The van der Waals surface area contributed by atoms with Crippen LogP contribution in [0.25, 0.3) is 0 Å². The summed E-state index contributed by atoms with van der Waals surface area (Å²) in [5.74, 6) is 1.68. The third kappa shape index (κ3) is 4.32. The minimum atomic E-state index is -0.0956. The lowest BCUT2D eigenvalue weighted by Gasteiger charge is -2.16. The van der Waals surface area contributed by atoms with Gasteiger partial charge in [-0.1, -0.05) is 12.1 Å². The van der Waals surface area contributed by atoms with Crippen LogP contribution in [0, 0.1) is 5.92 Å². The van der Waals surface area contributed by atoms with Gasteiger partial charge in [-0.15, -0.1) is 0 Å². The molecule has 0 aliphatic carbocycles. The molecule has 1 aliphatic rings. The standard InChI is InChI=1S/C16H24N2O2/c1-12(18-11-14-6-7-17-10-14)16(19)9-13-4-3-5-15(8-13)20-2/h3-5,8,12,14,17-18H,6-7,9-11H2,1-2H3/t12?,14-/m0/s1. The smallest absolute Gasteiger partial charge is 0.153 e. The number of Topliss-reactive ketones (excluding diaryl/α,β-unsaturated/α-hetero) is 1. The molecule has 2 N–H and O–H groups in total. The maximum Gasteiger partial charge on any atom is 0.153 e. The summed E-state index contributed by atoms with van der Waals surface area (Å²) in [5, 5.41) is 6.69. The Morgan fingerprint density at radius 3 is 3.10 bits per heavy atom. The SMILES string of the molecule is COc1cccc(CC(=O)C(C)NC[C@H]2CCNC2)c1. The van der Waals surface area contributed by atoms with E-state index in [0.717, 1.165) is 30.9 Å². The van der Waals surface area contributed by atoms with Crippen molar-refractivity contribution in [2.45, 2.75) is 25.8 Å². The molecule has 0 spiro atoms. The summed E-state index contributed by atoms with van der Waals surface area (Å²) < 4.78 is 5.18. The van der Waals surface area contributed by atoms with Crippen LogP contribution in [-0.4, -0.2) is 38.6 Å². The lowest BCUT2D eigenvalue weighted by atomic mass is 10.0. The molecule has 0 amide bonds. The van der Waals surface area contributed by atoms with E-state index in [1.807, 2.05) is 31.2 Å². The second kappa shape index (κ2) is 7.41. The molecule has 0 radical (unpaired) electrons. The molecule has 1 aromatic carbocycles. The van der Waals surface area contributed by atoms with Crippen molar-refractivity contribution in [3.05, 3.63) is 29.8 Å². The van der Waals surface area contributed by atoms with Gasteiger partial charge in [-0.2, -0.15) is 0 Å². The van der Waals surface area contributed by atoms with Crippen LogP contribution in [0.3, 0.4) is 0 Å². The quantitative estimate of drug-likeness (QED) is 0.790. The van der Waals surface area contributed by atoms with Crippen molar-refractivity contribution in [2.24, 2.45) is 5.92 Å². The molecular formula is C16H24N2O2. The lowest BCUT2D eigenvalue weighted by Crippen LogP contribution is -2.38. The van der Waals surface area contributed by atoms with Crippen molar-refractivity contribution >= 4 is 5.78 Å². The maximum absolute atomic E-state index is 12.2. The van der Waals surface area contributed by atoms with Crippen LogP contribution in [0.1, 0.15) is 18.9 Å². The minimum Gasteiger partial charge on any atom is -0.497 e. The summed E-state index contributed by atoms with van der Waals surface area (Å²) in [5.41, 5.74) is 1.01. The number of methoxy groups -OCH3 is 1. The van der Waals surface area contributed by atoms with Crippen molar-refractivity contribution in [1.82, 2.24) is 10.6 Å². The van der Waals surface area contributed by atoms with Crippen molar-refractivity contribution in [1.29, 1.82) is 0 Å². The normalized spacial score (nSPS) is 19.8. The molecule has 1 aliphatic heterocycles. The van der Waals surface area contributed by atoms with Crippen LogP contribution in [-0.2, 0) is 11.2 Å². The molecule has 0 bridgehead atoms. The zero-order valence-electron chi connectivity index (χ0n) is 12.3. The first-order chi connectivity index (χ1) is 9.69. The fourth-order valence-corrected chi connectivity index (χ4v) is 2.48. The fourth-order valence-electron chi connectivity index (χ4n) is 2.48. The van der Waals surface area contributed by atoms with Gasteiger partial charge in [0.05, 0.1) is 13.2 Å². The maximum atomic E-state index is 12.2. The lowest BCUT2D eigenvalue weighted by molar-refractivity contribution is -0.120. The molecule has 4 heteroatoms. The predicted octanol–water partition coefficient (Wildman–Crippen LogP) is 1.39. The Kier molecular flexibility index (Phi) is 5.56. The highest BCUT2D eigenvalue weighted by Gasteiger charge is 2.18. The van der Waals surface area contributed by atoms with E-state index < -0.39 is 0 Å². The number of nitrogens with one attached hydrogen (secondary N) is 2. The highest BCUT2D eigenvalue weighted by atomic mass is 16.5. The highest BCUT2D eigenvalue weighted by Crippen LogP contribution is 2.13. The summed E-state index contributed by atoms with van der Waals surface area (Å²) >= 11 is 0. The van der Waals surface area contributed by atoms with Crippen LogP contribution in [0.4, 0.5) is 0 Å². The van der Waals surface area contributed by atoms with Crippen molar-refractivity contribution < 1.29 is 9.53 Å². The number of hydrogen-bond acceptors (Lipinski definition) is 4. The van der Waals surface area contributed by atoms with E-state index in [9.17, 15) is 4.79 Å². The minimum absolute atomic E-state index is 0.0956. The van der Waals surface area contributed by atoms with E-state index in [2.05, 4.69) is 10.6 Å². The number of hydrogen-bond donors (Lipinski definition) is 2. The van der Waals surface area contributed by atoms with E-state index in [1.165, 1.54) is 6.42 Å². The Morgan fingerprint density at radius 2 is 2.40 bits per heavy atom. The number of carbonyl (C=O) groups excluding carboxylic acids is 1. The van der Waals surface area contributed by atoms with Crippen LogP contribution in [0.5, 0.6) is 5.75 Å². The van der Waals surface area contributed by atoms with Gasteiger partial charge < -0.3 is 15.4 Å². The van der Waals surface area contributed by atoms with Gasteiger partial charge in [0.15, 0.2) is 5.78 Å². The summed E-state index contributed by atoms with van der Waals surface area (Å²) in [7, 11) is 1.64. The van der Waals surface area contributed by atoms with Crippen LogP contribution >= 0.6 is 0 Å². The van der Waals surface area contributed by atoms with Crippen molar-refractivity contribution in [3.8, 4) is 5.75 Å². The average molecular weight is 276 g/mol. The van der Waals surface area contributed by atoms with Gasteiger partial charge in [0.2, 0.25) is 0 Å². The van der Waals surface area contributed by atoms with E-state index >= 15 is 0 Å². The molecule has 1 fully saturated rings. The Hall–Kier alpha value is -1.39. The van der Waals surface area contributed by atoms with Crippen LogP contribution < -0.4 is 15.4 Å². The molecule has 2 atom stereocenters. The highest BCUT2D eigenvalue weighted by molar-refractivity contribution is 5.85. The van der Waals surface area contributed by atoms with Gasteiger partial charge >= 0.3 is 0 Å². The molecule has 4 nitrogen and oxygen atoms in total. The number of benzene rings is 1. The third-order valence-corrected chi connectivity index (χ3v) is 3.87. The largest absolute Gasteiger partial charge is 0.497 e. The Morgan fingerprint density at radius 1 is 1.55 bits per heavy atom. The summed E-state index contributed by atoms with van der Waals surface area (Å²) in [4.78, 5) is 12.2. The first kappa shape index (κ1) is 15.0. The third-order valence-electron chi connectivity index (χ3n) is 3.87. The van der Waals surface area contributed by atoms with Crippen molar-refractivity contribution in [3.63, 3.8) is 0 Å². The second-order valence-electron chi connectivity index (χ2n) is 5.48. The Balaban J connectivity index is 1.80. The summed E-state index contributed by atoms with van der Waals surface area (Å²) in [6, 6.07) is 7.60. The predicted molar refractivity (Wildman–Crippen MR) is 80.1 cm³/mol. The first-order valence-electron chi connectivity index (χ1n) is 7.29. The molecule has 0 aromatic heterocycles. The molecule has 0 saturated carbocycles. The van der Waals surface area contributed by atoms with E-state index in [-0.39, 0.29) is 11.8 Å². The summed E-state index contributed by atoms with van der Waals surface area (Å²) in [6.45, 7) is 5.02. The summed E-state index contributed by atoms with van der Waals surface area (Å²) in [6.07, 6.45) is 1.65. The monoisotopic (exact) mass is 276 g/mol. The average Bonchev–Trinajstić information content (AvgIpc) is 2.98. The van der Waals surface area contributed by atoms with Gasteiger partial charge in [0.25, 0.3) is 0 Å². The number of carbonyl (C=O) groups is 1. The number of ether oxygens (including phenoxy) is 1. The van der Waals surface area contributed by atoms with Gasteiger partial charge in [0.1, 0.15) is 5.75 Å². The van der Waals surface area contributed by atoms with E-state index in [1.54, 1.807) is 7.11 Å². The molecule has 1 unspecified atom stereocenters. The van der Waals surface area contributed by atoms with Gasteiger partial charge in [-0.3, -0.25) is 4.79 Å². The molecule has 110 valence electrons. The molecule has 20 heavy (non-hydrogen) atoms. The van der Waals surface area contributed by atoms with Crippen LogP contribution in [0.2, 0.25) is 0 Å².